The molecule has 0 heterocycles. The van der Waals surface area contributed by atoms with Gasteiger partial charge in [0.2, 0.25) is 0 Å². The second-order valence-electron chi connectivity index (χ2n) is 4.56. The number of allylic oxidation sites excluding steroid dienone is 2. The maximum Gasteiger partial charge on any atom is 0.0258 e. The molecule has 14 heavy (non-hydrogen) atoms. The van der Waals surface area contributed by atoms with E-state index >= 15 is 0 Å². The Balaban J connectivity index is 2.42. The molecule has 0 amide bonds. The predicted octanol–water partition coefficient (Wildman–Crippen LogP) is 4.78. The summed E-state index contributed by atoms with van der Waals surface area (Å²) >= 11 is 5.70. The Hall–Kier alpha value is 0.0300. The van der Waals surface area contributed by atoms with Crippen molar-refractivity contribution in [1.82, 2.24) is 0 Å². The summed E-state index contributed by atoms with van der Waals surface area (Å²) in [5.74, 6) is 2.60. The molecule has 0 saturated heterocycles. The Labute approximate surface area is 93.7 Å². The van der Waals surface area contributed by atoms with Crippen LogP contribution in [0.15, 0.2) is 11.6 Å². The van der Waals surface area contributed by atoms with Gasteiger partial charge in [0.25, 0.3) is 0 Å². The molecule has 1 fully saturated rings. The standard InChI is InChI=1S/C13H23Cl/c1-3-12-7-4-8-13(10-12)11(2)6-5-9-14/h6,12-13H,3-5,7-10H2,1-2H3. The molecule has 0 aromatic heterocycles. The maximum atomic E-state index is 5.70. The van der Waals surface area contributed by atoms with Gasteiger partial charge in [-0.3, -0.25) is 0 Å². The molecule has 0 bridgehead atoms. The third kappa shape index (κ3) is 3.65. The molecule has 0 aromatic rings. The number of hydrogen-bond donors (Lipinski definition) is 0. The van der Waals surface area contributed by atoms with Crippen LogP contribution in [0.3, 0.4) is 0 Å². The van der Waals surface area contributed by atoms with Crippen LogP contribution < -0.4 is 0 Å². The highest BCUT2D eigenvalue weighted by molar-refractivity contribution is 6.17. The van der Waals surface area contributed by atoms with Crippen molar-refractivity contribution in [2.45, 2.75) is 52.4 Å². The average molecular weight is 215 g/mol. The Morgan fingerprint density at radius 1 is 1.43 bits per heavy atom. The minimum Gasteiger partial charge on any atom is -0.126 e. The van der Waals surface area contributed by atoms with Gasteiger partial charge in [-0.05, 0) is 38.0 Å². The lowest BCUT2D eigenvalue weighted by molar-refractivity contribution is 0.288. The van der Waals surface area contributed by atoms with Crippen LogP contribution in [0.25, 0.3) is 0 Å². The molecule has 0 aliphatic heterocycles. The van der Waals surface area contributed by atoms with Crippen molar-refractivity contribution in [3.05, 3.63) is 11.6 Å². The van der Waals surface area contributed by atoms with Crippen LogP contribution in [0.1, 0.15) is 52.4 Å². The average Bonchev–Trinajstić information content (AvgIpc) is 2.26. The van der Waals surface area contributed by atoms with E-state index in [1.54, 1.807) is 5.57 Å². The Morgan fingerprint density at radius 2 is 2.21 bits per heavy atom. The predicted molar refractivity (Wildman–Crippen MR) is 64.8 cm³/mol. The van der Waals surface area contributed by atoms with E-state index in [4.69, 9.17) is 11.6 Å². The lowest BCUT2D eigenvalue weighted by atomic mass is 9.77. The first-order valence-corrected chi connectivity index (χ1v) is 6.54. The van der Waals surface area contributed by atoms with Gasteiger partial charge in [0.1, 0.15) is 0 Å². The zero-order valence-corrected chi connectivity index (χ0v) is 10.3. The minimum absolute atomic E-state index is 0.765. The summed E-state index contributed by atoms with van der Waals surface area (Å²) in [5.41, 5.74) is 1.59. The third-order valence-electron chi connectivity index (χ3n) is 3.58. The number of halogens is 1. The summed E-state index contributed by atoms with van der Waals surface area (Å²) in [6.45, 7) is 4.61. The van der Waals surface area contributed by atoms with E-state index in [1.165, 1.54) is 32.1 Å². The molecule has 1 heteroatoms. The molecule has 0 nitrogen and oxygen atoms in total. The van der Waals surface area contributed by atoms with Gasteiger partial charge in [0, 0.05) is 5.88 Å². The number of hydrogen-bond acceptors (Lipinski definition) is 0. The highest BCUT2D eigenvalue weighted by Gasteiger charge is 2.21. The molecule has 0 N–H and O–H groups in total. The molecule has 1 aliphatic rings. The minimum atomic E-state index is 0.765. The van der Waals surface area contributed by atoms with Gasteiger partial charge in [-0.25, -0.2) is 0 Å². The molecule has 1 aliphatic carbocycles. The SMILES string of the molecule is CCC1CCCC(C(C)=CCCCl)C1. The molecular formula is C13H23Cl. The zero-order valence-electron chi connectivity index (χ0n) is 9.56. The highest BCUT2D eigenvalue weighted by atomic mass is 35.5. The van der Waals surface area contributed by atoms with Crippen molar-refractivity contribution in [2.24, 2.45) is 11.8 Å². The summed E-state index contributed by atoms with van der Waals surface area (Å²) in [7, 11) is 0. The van der Waals surface area contributed by atoms with Gasteiger partial charge in [-0.2, -0.15) is 0 Å². The van der Waals surface area contributed by atoms with Crippen molar-refractivity contribution in [2.75, 3.05) is 5.88 Å². The smallest absolute Gasteiger partial charge is 0.0258 e. The van der Waals surface area contributed by atoms with Crippen molar-refractivity contribution < 1.29 is 0 Å². The van der Waals surface area contributed by atoms with Gasteiger partial charge in [-0.1, -0.05) is 37.8 Å². The fourth-order valence-corrected chi connectivity index (χ4v) is 2.63. The van der Waals surface area contributed by atoms with Crippen LogP contribution in [0.2, 0.25) is 0 Å². The normalized spacial score (nSPS) is 29.2. The van der Waals surface area contributed by atoms with Crippen molar-refractivity contribution in [1.29, 1.82) is 0 Å². The summed E-state index contributed by atoms with van der Waals surface area (Å²) in [6.07, 6.45) is 10.4. The largest absolute Gasteiger partial charge is 0.126 e. The highest BCUT2D eigenvalue weighted by Crippen LogP contribution is 2.34. The first-order valence-electron chi connectivity index (χ1n) is 6.00. The molecule has 0 spiro atoms. The molecule has 2 unspecified atom stereocenters. The lowest BCUT2D eigenvalue weighted by Gasteiger charge is -2.29. The quantitative estimate of drug-likeness (QED) is 0.467. The van der Waals surface area contributed by atoms with Gasteiger partial charge in [0.05, 0.1) is 0 Å². The topological polar surface area (TPSA) is 0 Å². The summed E-state index contributed by atoms with van der Waals surface area (Å²) < 4.78 is 0. The molecule has 1 saturated carbocycles. The van der Waals surface area contributed by atoms with Crippen LogP contribution >= 0.6 is 11.6 Å². The first kappa shape index (κ1) is 12.1. The van der Waals surface area contributed by atoms with E-state index < -0.39 is 0 Å². The zero-order chi connectivity index (χ0) is 10.4. The van der Waals surface area contributed by atoms with E-state index in [-0.39, 0.29) is 0 Å². The van der Waals surface area contributed by atoms with Crippen LogP contribution in [-0.4, -0.2) is 5.88 Å². The fraction of sp³-hybridized carbons (Fsp3) is 0.846. The molecule has 2 atom stereocenters. The Bertz CT molecular complexity index is 184. The lowest BCUT2D eigenvalue weighted by Crippen LogP contribution is -2.15. The van der Waals surface area contributed by atoms with E-state index in [0.29, 0.717) is 0 Å². The van der Waals surface area contributed by atoms with Crippen LogP contribution in [0.4, 0.5) is 0 Å². The second-order valence-corrected chi connectivity index (χ2v) is 4.94. The van der Waals surface area contributed by atoms with Gasteiger partial charge in [0.15, 0.2) is 0 Å². The van der Waals surface area contributed by atoms with Crippen LogP contribution in [0.5, 0.6) is 0 Å². The van der Waals surface area contributed by atoms with Crippen LogP contribution in [-0.2, 0) is 0 Å². The molecule has 0 aromatic carbocycles. The first-order chi connectivity index (χ1) is 6.77. The third-order valence-corrected chi connectivity index (χ3v) is 3.80. The molecular weight excluding hydrogens is 192 g/mol. The summed E-state index contributed by atoms with van der Waals surface area (Å²) in [4.78, 5) is 0. The van der Waals surface area contributed by atoms with Crippen molar-refractivity contribution in [3.63, 3.8) is 0 Å². The van der Waals surface area contributed by atoms with Gasteiger partial charge >= 0.3 is 0 Å². The van der Waals surface area contributed by atoms with E-state index in [2.05, 4.69) is 19.9 Å². The molecule has 1 rings (SSSR count). The van der Waals surface area contributed by atoms with Crippen molar-refractivity contribution in [3.8, 4) is 0 Å². The van der Waals surface area contributed by atoms with E-state index in [0.717, 1.165) is 24.1 Å². The van der Waals surface area contributed by atoms with Gasteiger partial charge in [-0.15, -0.1) is 11.6 Å². The fourth-order valence-electron chi connectivity index (χ4n) is 2.52. The van der Waals surface area contributed by atoms with Crippen LogP contribution in [0, 0.1) is 11.8 Å². The number of alkyl halides is 1. The number of rotatable bonds is 4. The summed E-state index contributed by atoms with van der Waals surface area (Å²) in [6, 6.07) is 0. The second kappa shape index (κ2) is 6.50. The molecule has 82 valence electrons. The Morgan fingerprint density at radius 3 is 2.86 bits per heavy atom. The van der Waals surface area contributed by atoms with E-state index in [1.807, 2.05) is 0 Å². The maximum absolute atomic E-state index is 5.70. The Kier molecular flexibility index (Phi) is 5.62. The molecule has 0 radical (unpaired) electrons. The monoisotopic (exact) mass is 214 g/mol. The van der Waals surface area contributed by atoms with Crippen molar-refractivity contribution >= 4 is 11.6 Å². The summed E-state index contributed by atoms with van der Waals surface area (Å²) in [5, 5.41) is 0. The van der Waals surface area contributed by atoms with Gasteiger partial charge < -0.3 is 0 Å². The van der Waals surface area contributed by atoms with E-state index in [9.17, 15) is 0 Å².